The van der Waals surface area contributed by atoms with Crippen LogP contribution in [0, 0.1) is 5.92 Å². The van der Waals surface area contributed by atoms with Crippen molar-refractivity contribution in [1.29, 1.82) is 0 Å². The number of rotatable bonds is 4. The standard InChI is InChI=1S/C23H28N6O4S/c1-14(2)10-17-13-33-21-12-19(20-8-9-24-29(20)15(3)4)26-23(27-21)28-34(31,32)18-7-5-6-16(11-18)22(30)25-17/h5-9,11-12,14-15,17H,10,13H2,1-4H3,(H,25,30)(H,26,27,28)/t17-/m1/s1. The van der Waals surface area contributed by atoms with Crippen LogP contribution in [0.5, 0.6) is 5.88 Å². The average molecular weight is 485 g/mol. The highest BCUT2D eigenvalue weighted by atomic mass is 32.2. The molecule has 3 heterocycles. The van der Waals surface area contributed by atoms with Crippen molar-refractivity contribution in [3.8, 4) is 17.3 Å². The van der Waals surface area contributed by atoms with Gasteiger partial charge in [0.1, 0.15) is 6.61 Å². The minimum absolute atomic E-state index is 0.0620. The molecular formula is C23H28N6O4S. The fraction of sp³-hybridized carbons (Fsp3) is 0.391. The van der Waals surface area contributed by atoms with Crippen LogP contribution in [0.25, 0.3) is 11.4 Å². The quantitative estimate of drug-likeness (QED) is 0.582. The predicted molar refractivity (Wildman–Crippen MR) is 127 cm³/mol. The van der Waals surface area contributed by atoms with Crippen LogP contribution in [0.4, 0.5) is 5.95 Å². The van der Waals surface area contributed by atoms with Crippen LogP contribution in [0.15, 0.2) is 47.5 Å². The van der Waals surface area contributed by atoms with Gasteiger partial charge in [-0.25, -0.2) is 18.1 Å². The topological polar surface area (TPSA) is 128 Å². The largest absolute Gasteiger partial charge is 0.475 e. The summed E-state index contributed by atoms with van der Waals surface area (Å²) in [5.41, 5.74) is 1.40. The second-order valence-electron chi connectivity index (χ2n) is 8.91. The highest BCUT2D eigenvalue weighted by molar-refractivity contribution is 7.92. The van der Waals surface area contributed by atoms with Gasteiger partial charge in [0.05, 0.1) is 22.3 Å². The normalized spacial score (nSPS) is 17.7. The highest BCUT2D eigenvalue weighted by Crippen LogP contribution is 2.26. The monoisotopic (exact) mass is 484 g/mol. The van der Waals surface area contributed by atoms with Crippen molar-refractivity contribution in [2.75, 3.05) is 11.3 Å². The zero-order valence-electron chi connectivity index (χ0n) is 19.5. The fourth-order valence-electron chi connectivity index (χ4n) is 3.78. The molecule has 4 rings (SSSR count). The van der Waals surface area contributed by atoms with Crippen molar-refractivity contribution in [2.45, 2.75) is 51.1 Å². The molecule has 10 nitrogen and oxygen atoms in total. The van der Waals surface area contributed by atoms with Gasteiger partial charge in [0.25, 0.3) is 15.9 Å². The van der Waals surface area contributed by atoms with Crippen molar-refractivity contribution in [1.82, 2.24) is 25.1 Å². The number of carbonyl (C=O) groups excluding carboxylic acids is 1. The molecule has 0 aliphatic carbocycles. The van der Waals surface area contributed by atoms with E-state index in [0.29, 0.717) is 23.7 Å². The Morgan fingerprint density at radius 3 is 2.68 bits per heavy atom. The molecule has 3 aromatic rings. The summed E-state index contributed by atoms with van der Waals surface area (Å²) in [7, 11) is -4.06. The molecular weight excluding hydrogens is 456 g/mol. The summed E-state index contributed by atoms with van der Waals surface area (Å²) in [6, 6.07) is 9.05. The van der Waals surface area contributed by atoms with Crippen LogP contribution in [0.2, 0.25) is 0 Å². The van der Waals surface area contributed by atoms with E-state index in [9.17, 15) is 13.2 Å². The summed E-state index contributed by atoms with van der Waals surface area (Å²) < 4.78 is 36.3. The van der Waals surface area contributed by atoms with E-state index in [1.54, 1.807) is 29.1 Å². The molecule has 0 unspecified atom stereocenters. The van der Waals surface area contributed by atoms with Gasteiger partial charge in [-0.3, -0.25) is 9.48 Å². The van der Waals surface area contributed by atoms with E-state index < -0.39 is 10.0 Å². The number of carbonyl (C=O) groups is 1. The minimum Gasteiger partial charge on any atom is -0.475 e. The Kier molecular flexibility index (Phi) is 6.56. The third-order valence-electron chi connectivity index (χ3n) is 5.28. The number of sulfonamides is 1. The van der Waals surface area contributed by atoms with E-state index >= 15 is 0 Å². The molecule has 0 fully saturated rings. The molecule has 2 N–H and O–H groups in total. The van der Waals surface area contributed by atoms with Gasteiger partial charge in [0.2, 0.25) is 11.8 Å². The summed E-state index contributed by atoms with van der Waals surface area (Å²) >= 11 is 0. The van der Waals surface area contributed by atoms with Gasteiger partial charge in [-0.1, -0.05) is 19.9 Å². The number of amides is 1. The molecule has 34 heavy (non-hydrogen) atoms. The van der Waals surface area contributed by atoms with Crippen molar-refractivity contribution in [2.24, 2.45) is 5.92 Å². The van der Waals surface area contributed by atoms with Gasteiger partial charge in [0.15, 0.2) is 0 Å². The lowest BCUT2D eigenvalue weighted by atomic mass is 10.0. The van der Waals surface area contributed by atoms with E-state index in [2.05, 4.69) is 39.0 Å². The molecule has 11 heteroatoms. The SMILES string of the molecule is CC(C)C[C@@H]1COc2cc(-c3ccnn3C(C)C)nc(n2)NS(=O)(=O)c2cccc(c2)C(=O)N1. The van der Waals surface area contributed by atoms with E-state index in [1.807, 2.05) is 13.8 Å². The highest BCUT2D eigenvalue weighted by Gasteiger charge is 2.23. The Morgan fingerprint density at radius 2 is 1.94 bits per heavy atom. The van der Waals surface area contributed by atoms with E-state index in [1.165, 1.54) is 18.2 Å². The fourth-order valence-corrected chi connectivity index (χ4v) is 4.77. The van der Waals surface area contributed by atoms with Crippen LogP contribution in [-0.2, 0) is 10.0 Å². The smallest absolute Gasteiger partial charge is 0.264 e. The van der Waals surface area contributed by atoms with Gasteiger partial charge in [-0.2, -0.15) is 10.1 Å². The molecule has 2 aromatic heterocycles. The number of hydrogen-bond donors (Lipinski definition) is 2. The first-order valence-electron chi connectivity index (χ1n) is 11.1. The third-order valence-corrected chi connectivity index (χ3v) is 6.61. The average Bonchev–Trinajstić information content (AvgIpc) is 3.27. The van der Waals surface area contributed by atoms with Crippen LogP contribution >= 0.6 is 0 Å². The molecule has 1 aliphatic rings. The second kappa shape index (κ2) is 9.41. The molecule has 0 saturated carbocycles. The van der Waals surface area contributed by atoms with Gasteiger partial charge in [-0.15, -0.1) is 0 Å². The Hall–Kier alpha value is -3.47. The molecule has 0 saturated heterocycles. The molecule has 1 aliphatic heterocycles. The number of nitrogens with one attached hydrogen (secondary N) is 2. The molecule has 1 aromatic carbocycles. The lowest BCUT2D eigenvalue weighted by Gasteiger charge is -2.21. The van der Waals surface area contributed by atoms with Crippen molar-refractivity contribution >= 4 is 21.9 Å². The first-order chi connectivity index (χ1) is 16.1. The zero-order chi connectivity index (χ0) is 24.5. The van der Waals surface area contributed by atoms with Gasteiger partial charge in [0, 0.05) is 23.9 Å². The minimum atomic E-state index is -4.06. The van der Waals surface area contributed by atoms with Crippen molar-refractivity contribution in [3.63, 3.8) is 0 Å². The summed E-state index contributed by atoms with van der Waals surface area (Å²) in [6.07, 6.45) is 2.33. The van der Waals surface area contributed by atoms with E-state index in [0.717, 1.165) is 0 Å². The Bertz CT molecular complexity index is 1300. The van der Waals surface area contributed by atoms with Crippen LogP contribution in [-0.4, -0.2) is 46.7 Å². The molecule has 1 amide bonds. The van der Waals surface area contributed by atoms with E-state index in [4.69, 9.17) is 4.74 Å². The Balaban J connectivity index is 1.83. The predicted octanol–water partition coefficient (Wildman–Crippen LogP) is 3.26. The number of anilines is 1. The number of ether oxygens (including phenoxy) is 1. The number of hydrogen-bond acceptors (Lipinski definition) is 7. The number of fused-ring (bicyclic) bond motifs is 4. The summed E-state index contributed by atoms with van der Waals surface area (Å²) in [5.74, 6) is -0.0127. The van der Waals surface area contributed by atoms with Gasteiger partial charge in [-0.05, 0) is 50.5 Å². The maximum atomic E-state index is 13.1. The second-order valence-corrected chi connectivity index (χ2v) is 10.6. The van der Waals surface area contributed by atoms with Crippen LogP contribution < -0.4 is 14.8 Å². The number of benzene rings is 1. The van der Waals surface area contributed by atoms with Crippen molar-refractivity contribution < 1.29 is 17.9 Å². The first kappa shape index (κ1) is 23.7. The van der Waals surface area contributed by atoms with Crippen molar-refractivity contribution in [3.05, 3.63) is 48.2 Å². The Morgan fingerprint density at radius 1 is 1.15 bits per heavy atom. The molecule has 180 valence electrons. The van der Waals surface area contributed by atoms with Gasteiger partial charge >= 0.3 is 0 Å². The van der Waals surface area contributed by atoms with E-state index in [-0.39, 0.29) is 46.9 Å². The third kappa shape index (κ3) is 5.19. The number of aromatic nitrogens is 4. The lowest BCUT2D eigenvalue weighted by molar-refractivity contribution is 0.0913. The molecule has 0 spiro atoms. The van der Waals surface area contributed by atoms with Gasteiger partial charge < -0.3 is 10.1 Å². The number of nitrogens with zero attached hydrogens (tertiary/aromatic N) is 4. The lowest BCUT2D eigenvalue weighted by Crippen LogP contribution is -2.40. The maximum absolute atomic E-state index is 13.1. The Labute approximate surface area is 198 Å². The van der Waals surface area contributed by atoms with Crippen LogP contribution in [0.3, 0.4) is 0 Å². The maximum Gasteiger partial charge on any atom is 0.264 e. The summed E-state index contributed by atoms with van der Waals surface area (Å²) in [4.78, 5) is 21.5. The van der Waals surface area contributed by atoms with Crippen LogP contribution in [0.1, 0.15) is 50.5 Å². The molecule has 4 bridgehead atoms. The molecule has 1 atom stereocenters. The summed E-state index contributed by atoms with van der Waals surface area (Å²) in [6.45, 7) is 8.24. The molecule has 0 radical (unpaired) electrons. The summed E-state index contributed by atoms with van der Waals surface area (Å²) in [5, 5.41) is 7.30. The first-order valence-corrected chi connectivity index (χ1v) is 12.6. The zero-order valence-corrected chi connectivity index (χ0v) is 20.3.